The number of amides is 1. The second-order valence-electron chi connectivity index (χ2n) is 9.00. The molecular weight excluding hydrogens is 443 g/mol. The largest absolute Gasteiger partial charge is 0.488 e. The molecule has 35 heavy (non-hydrogen) atoms. The third-order valence-corrected chi connectivity index (χ3v) is 6.44. The van der Waals surface area contributed by atoms with Crippen LogP contribution in [-0.2, 0) is 19.5 Å². The van der Waals surface area contributed by atoms with Crippen LogP contribution in [0.4, 0.5) is 5.82 Å². The number of nitrogens with zero attached hydrogens (tertiary/aromatic N) is 4. The first-order valence-corrected chi connectivity index (χ1v) is 11.5. The van der Waals surface area contributed by atoms with Crippen molar-refractivity contribution in [3.63, 3.8) is 0 Å². The molecule has 1 amide bonds. The topological polar surface area (TPSA) is 129 Å². The normalized spacial score (nSPS) is 13.6. The van der Waals surface area contributed by atoms with Crippen molar-refractivity contribution in [1.29, 1.82) is 0 Å². The van der Waals surface area contributed by atoms with Crippen molar-refractivity contribution in [3.05, 3.63) is 76.6 Å². The molecule has 0 saturated carbocycles. The Bertz CT molecular complexity index is 1430. The summed E-state index contributed by atoms with van der Waals surface area (Å²) in [4.78, 5) is 24.1. The van der Waals surface area contributed by atoms with Crippen molar-refractivity contribution in [3.8, 4) is 11.5 Å². The zero-order valence-electron chi connectivity index (χ0n) is 19.7. The SMILES string of the molecule is Cc1cc2c(C(N)=O)cccn2c1-c1nc2c(c(NCc3cccc(B(O)O)c3)n1)CCN(C)C2. The number of benzene rings is 1. The van der Waals surface area contributed by atoms with Gasteiger partial charge in [0, 0.05) is 31.4 Å². The lowest BCUT2D eigenvalue weighted by molar-refractivity contribution is 0.100. The van der Waals surface area contributed by atoms with E-state index in [1.807, 2.05) is 29.7 Å². The number of fused-ring (bicyclic) bond motifs is 2. The average molecular weight is 470 g/mol. The Morgan fingerprint density at radius 1 is 1.20 bits per heavy atom. The first-order valence-electron chi connectivity index (χ1n) is 11.5. The van der Waals surface area contributed by atoms with Gasteiger partial charge in [-0.2, -0.15) is 0 Å². The average Bonchev–Trinajstić information content (AvgIpc) is 3.17. The molecule has 4 heterocycles. The lowest BCUT2D eigenvalue weighted by atomic mass is 9.79. The van der Waals surface area contributed by atoms with E-state index in [0.717, 1.165) is 52.4 Å². The zero-order chi connectivity index (χ0) is 24.7. The van der Waals surface area contributed by atoms with Crippen LogP contribution in [0, 0.1) is 6.92 Å². The first kappa shape index (κ1) is 23.0. The number of carbonyl (C=O) groups excluding carboxylic acids is 1. The van der Waals surface area contributed by atoms with E-state index in [1.54, 1.807) is 30.3 Å². The third-order valence-electron chi connectivity index (χ3n) is 6.44. The highest BCUT2D eigenvalue weighted by molar-refractivity contribution is 6.58. The third kappa shape index (κ3) is 4.39. The zero-order valence-corrected chi connectivity index (χ0v) is 19.7. The van der Waals surface area contributed by atoms with E-state index in [1.165, 1.54) is 0 Å². The molecule has 0 atom stereocenters. The molecule has 5 rings (SSSR count). The van der Waals surface area contributed by atoms with Crippen molar-refractivity contribution in [2.45, 2.75) is 26.4 Å². The van der Waals surface area contributed by atoms with Gasteiger partial charge in [-0.3, -0.25) is 4.79 Å². The maximum atomic E-state index is 12.0. The Hall–Kier alpha value is -3.73. The van der Waals surface area contributed by atoms with Crippen LogP contribution >= 0.6 is 0 Å². The van der Waals surface area contributed by atoms with Crippen LogP contribution in [0.5, 0.6) is 0 Å². The van der Waals surface area contributed by atoms with Crippen LogP contribution in [-0.4, -0.2) is 55.9 Å². The summed E-state index contributed by atoms with van der Waals surface area (Å²) in [7, 11) is 0.556. The van der Waals surface area contributed by atoms with Gasteiger partial charge in [-0.15, -0.1) is 0 Å². The smallest absolute Gasteiger partial charge is 0.423 e. The summed E-state index contributed by atoms with van der Waals surface area (Å²) in [6.45, 7) is 4.06. The molecule has 0 unspecified atom stereocenters. The van der Waals surface area contributed by atoms with Crippen LogP contribution in [0.3, 0.4) is 0 Å². The number of aryl methyl sites for hydroxylation is 1. The van der Waals surface area contributed by atoms with Gasteiger partial charge in [0.15, 0.2) is 5.82 Å². The van der Waals surface area contributed by atoms with Crippen LogP contribution in [0.1, 0.15) is 32.7 Å². The van der Waals surface area contributed by atoms with E-state index in [0.29, 0.717) is 29.9 Å². The molecule has 1 aromatic carbocycles. The van der Waals surface area contributed by atoms with Gasteiger partial charge in [0.2, 0.25) is 0 Å². The number of rotatable bonds is 6. The maximum Gasteiger partial charge on any atom is 0.488 e. The molecule has 9 nitrogen and oxygen atoms in total. The first-order chi connectivity index (χ1) is 16.8. The van der Waals surface area contributed by atoms with Crippen LogP contribution < -0.4 is 16.5 Å². The number of anilines is 1. The predicted octanol–water partition coefficient (Wildman–Crippen LogP) is 1.08. The summed E-state index contributed by atoms with van der Waals surface area (Å²) in [5.74, 6) is 0.846. The van der Waals surface area contributed by atoms with Crippen molar-refractivity contribution >= 4 is 29.8 Å². The molecular formula is C25H27BN6O3. The Morgan fingerprint density at radius 3 is 2.80 bits per heavy atom. The van der Waals surface area contributed by atoms with Gasteiger partial charge in [-0.25, -0.2) is 9.97 Å². The minimum atomic E-state index is -1.51. The summed E-state index contributed by atoms with van der Waals surface area (Å²) >= 11 is 0. The predicted molar refractivity (Wildman–Crippen MR) is 135 cm³/mol. The fourth-order valence-electron chi connectivity index (χ4n) is 4.68. The summed E-state index contributed by atoms with van der Waals surface area (Å²) in [5, 5.41) is 22.5. The van der Waals surface area contributed by atoms with Gasteiger partial charge >= 0.3 is 7.12 Å². The second-order valence-corrected chi connectivity index (χ2v) is 9.00. The molecule has 4 aromatic rings. The number of hydrogen-bond acceptors (Lipinski definition) is 7. The molecule has 3 aromatic heterocycles. The summed E-state index contributed by atoms with van der Waals surface area (Å²) in [6.07, 6.45) is 2.71. The van der Waals surface area contributed by atoms with Crippen LogP contribution in [0.25, 0.3) is 17.0 Å². The van der Waals surface area contributed by atoms with Gasteiger partial charge in [0.25, 0.3) is 5.91 Å². The highest BCUT2D eigenvalue weighted by atomic mass is 16.4. The van der Waals surface area contributed by atoms with Crippen LogP contribution in [0.15, 0.2) is 48.7 Å². The summed E-state index contributed by atoms with van der Waals surface area (Å²) in [5.41, 5.74) is 11.9. The summed E-state index contributed by atoms with van der Waals surface area (Å²) < 4.78 is 1.92. The Labute approximate surface area is 203 Å². The minimum absolute atomic E-state index is 0.442. The summed E-state index contributed by atoms with van der Waals surface area (Å²) in [6, 6.07) is 12.6. The van der Waals surface area contributed by atoms with Crippen molar-refractivity contribution in [2.24, 2.45) is 5.73 Å². The Balaban J connectivity index is 1.59. The molecule has 10 heteroatoms. The Kier molecular flexibility index (Phi) is 6.02. The fourth-order valence-corrected chi connectivity index (χ4v) is 4.68. The minimum Gasteiger partial charge on any atom is -0.423 e. The number of primary amides is 1. The van der Waals surface area contributed by atoms with E-state index in [2.05, 4.69) is 17.3 Å². The fraction of sp³-hybridized carbons (Fsp3) is 0.240. The molecule has 1 aliphatic heterocycles. The van der Waals surface area contributed by atoms with Crippen molar-refractivity contribution in [1.82, 2.24) is 19.3 Å². The number of nitrogens with one attached hydrogen (secondary N) is 1. The molecule has 0 radical (unpaired) electrons. The lowest BCUT2D eigenvalue weighted by Crippen LogP contribution is -2.30. The quantitative estimate of drug-likeness (QED) is 0.311. The number of pyridine rings is 1. The Morgan fingerprint density at radius 2 is 2.03 bits per heavy atom. The maximum absolute atomic E-state index is 12.0. The number of aromatic nitrogens is 3. The molecule has 5 N–H and O–H groups in total. The number of carbonyl (C=O) groups is 1. The highest BCUT2D eigenvalue weighted by Gasteiger charge is 2.23. The molecule has 0 fully saturated rings. The number of likely N-dealkylation sites (N-methyl/N-ethyl adjacent to an activating group) is 1. The van der Waals surface area contributed by atoms with E-state index >= 15 is 0 Å². The van der Waals surface area contributed by atoms with Crippen molar-refractivity contribution in [2.75, 3.05) is 18.9 Å². The van der Waals surface area contributed by atoms with Gasteiger partial charge in [0.05, 0.1) is 22.5 Å². The van der Waals surface area contributed by atoms with Gasteiger partial charge in [-0.1, -0.05) is 24.3 Å². The molecule has 1 aliphatic rings. The molecule has 178 valence electrons. The van der Waals surface area contributed by atoms with E-state index in [4.69, 9.17) is 15.7 Å². The molecule has 0 bridgehead atoms. The highest BCUT2D eigenvalue weighted by Crippen LogP contribution is 2.31. The van der Waals surface area contributed by atoms with E-state index in [-0.39, 0.29) is 0 Å². The lowest BCUT2D eigenvalue weighted by Gasteiger charge is -2.26. The standard InChI is InChI=1S/C25H27BN6O3/c1-15-11-21-19(23(27)33)7-4-9-32(21)22(15)25-29-20-14-31(2)10-8-18(20)24(30-25)28-13-16-5-3-6-17(12-16)26(34)35/h3-7,9,11-12,34-35H,8,10,13-14H2,1-2H3,(H2,27,33)(H,28,29,30). The number of hydrogen-bond donors (Lipinski definition) is 4. The number of nitrogens with two attached hydrogens (primary N) is 1. The van der Waals surface area contributed by atoms with Gasteiger partial charge in [-0.05, 0) is 55.2 Å². The molecule has 0 spiro atoms. The second kappa shape index (κ2) is 9.14. The van der Waals surface area contributed by atoms with Gasteiger partial charge in [0.1, 0.15) is 5.82 Å². The van der Waals surface area contributed by atoms with Gasteiger partial charge < -0.3 is 30.4 Å². The van der Waals surface area contributed by atoms with Crippen LogP contribution in [0.2, 0.25) is 0 Å². The van der Waals surface area contributed by atoms with E-state index in [9.17, 15) is 14.8 Å². The van der Waals surface area contributed by atoms with E-state index < -0.39 is 13.0 Å². The molecule has 0 saturated heterocycles. The van der Waals surface area contributed by atoms with Crippen molar-refractivity contribution < 1.29 is 14.8 Å². The molecule has 0 aliphatic carbocycles. The monoisotopic (exact) mass is 470 g/mol.